The molecule has 5 heteroatoms. The van der Waals surface area contributed by atoms with Crippen molar-refractivity contribution in [1.29, 1.82) is 0 Å². The number of carbonyl (C=O) groups is 1. The van der Waals surface area contributed by atoms with E-state index < -0.39 is 0 Å². The molecule has 1 aliphatic rings. The second-order valence-electron chi connectivity index (χ2n) is 9.20. The molecule has 2 atom stereocenters. The van der Waals surface area contributed by atoms with Crippen molar-refractivity contribution >= 4 is 17.3 Å². The molecule has 0 radical (unpaired) electrons. The highest BCUT2D eigenvalue weighted by atomic mass is 16.1. The summed E-state index contributed by atoms with van der Waals surface area (Å²) in [5.41, 5.74) is 7.44. The van der Waals surface area contributed by atoms with Crippen LogP contribution in [-0.4, -0.2) is 28.1 Å². The molecule has 2 unspecified atom stereocenters. The van der Waals surface area contributed by atoms with Crippen LogP contribution in [0.4, 0.5) is 5.69 Å². The van der Waals surface area contributed by atoms with Gasteiger partial charge in [0.15, 0.2) is 0 Å². The van der Waals surface area contributed by atoms with Gasteiger partial charge in [-0.3, -0.25) is 19.8 Å². The molecule has 0 saturated heterocycles. The first-order chi connectivity index (χ1) is 17.1. The number of pyridine rings is 2. The summed E-state index contributed by atoms with van der Waals surface area (Å²) < 4.78 is 0. The monoisotopic (exact) mass is 460 g/mol. The predicted octanol–water partition coefficient (Wildman–Crippen LogP) is 5.92. The number of nitrogens with one attached hydrogen (secondary N) is 1. The molecule has 0 saturated carbocycles. The van der Waals surface area contributed by atoms with Crippen LogP contribution in [0.5, 0.6) is 0 Å². The molecule has 1 N–H and O–H groups in total. The van der Waals surface area contributed by atoms with E-state index in [1.165, 1.54) is 5.56 Å². The van der Waals surface area contributed by atoms with Crippen LogP contribution in [0, 0.1) is 5.92 Å². The van der Waals surface area contributed by atoms with Crippen molar-refractivity contribution in [2.75, 3.05) is 11.9 Å². The van der Waals surface area contributed by atoms with E-state index in [1.807, 2.05) is 48.8 Å². The summed E-state index contributed by atoms with van der Waals surface area (Å²) in [4.78, 5) is 26.9. The molecule has 4 aromatic rings. The van der Waals surface area contributed by atoms with Crippen molar-refractivity contribution in [1.82, 2.24) is 9.97 Å². The Morgan fingerprint density at radius 1 is 0.886 bits per heavy atom. The van der Waals surface area contributed by atoms with Gasteiger partial charge in [-0.2, -0.15) is 0 Å². The maximum atomic E-state index is 13.5. The van der Waals surface area contributed by atoms with E-state index in [0.717, 1.165) is 34.2 Å². The lowest BCUT2D eigenvalue weighted by molar-refractivity contribution is -0.110. The van der Waals surface area contributed by atoms with Gasteiger partial charge in [-0.25, -0.2) is 0 Å². The highest BCUT2D eigenvalue weighted by Crippen LogP contribution is 2.33. The Bertz CT molecular complexity index is 1370. The standard InChI is InChI=1S/C30H28N4O/c1-20-16-33-29(28-15-24(10-11-27(28)21(20)2)25-9-6-12-31-18-25)30(35)34-26-14-23(17-32-19-26)13-22-7-4-3-5-8-22/h3-12,14-15,17-21H,13,16H2,1-2H3,(H,34,35). The molecule has 2 aromatic carbocycles. The lowest BCUT2D eigenvalue weighted by Crippen LogP contribution is -2.25. The first-order valence-electron chi connectivity index (χ1n) is 12.0. The SMILES string of the molecule is CC1CN=C(C(=O)Nc2cncc(Cc3ccccc3)c2)c2cc(-c3cccnc3)ccc2C1C. The molecule has 2 aromatic heterocycles. The van der Waals surface area contributed by atoms with Gasteiger partial charge < -0.3 is 5.32 Å². The number of aromatic nitrogens is 2. The maximum absolute atomic E-state index is 13.5. The van der Waals surface area contributed by atoms with Crippen molar-refractivity contribution in [3.05, 3.63) is 114 Å². The molecule has 1 amide bonds. The minimum Gasteiger partial charge on any atom is -0.319 e. The summed E-state index contributed by atoms with van der Waals surface area (Å²) in [5.74, 6) is 0.409. The van der Waals surface area contributed by atoms with Crippen LogP contribution in [0.15, 0.2) is 96.5 Å². The molecule has 35 heavy (non-hydrogen) atoms. The van der Waals surface area contributed by atoms with E-state index in [-0.39, 0.29) is 11.8 Å². The normalized spacial score (nSPS) is 17.1. The second-order valence-corrected chi connectivity index (χ2v) is 9.20. The molecule has 5 nitrogen and oxygen atoms in total. The number of rotatable bonds is 5. The van der Waals surface area contributed by atoms with Crippen molar-refractivity contribution < 1.29 is 4.79 Å². The molecule has 1 aliphatic heterocycles. The third kappa shape index (κ3) is 5.04. The summed E-state index contributed by atoms with van der Waals surface area (Å²) in [6.07, 6.45) is 7.87. The first-order valence-corrected chi connectivity index (χ1v) is 12.0. The van der Waals surface area contributed by atoms with Crippen molar-refractivity contribution in [3.8, 4) is 11.1 Å². The van der Waals surface area contributed by atoms with Gasteiger partial charge in [0, 0.05) is 36.3 Å². The number of anilines is 1. The first kappa shape index (κ1) is 22.7. The van der Waals surface area contributed by atoms with Crippen LogP contribution < -0.4 is 5.32 Å². The van der Waals surface area contributed by atoms with Gasteiger partial charge in [-0.1, -0.05) is 62.4 Å². The van der Waals surface area contributed by atoms with E-state index in [4.69, 9.17) is 4.99 Å². The molecule has 5 rings (SSSR count). The van der Waals surface area contributed by atoms with Crippen LogP contribution in [0.3, 0.4) is 0 Å². The van der Waals surface area contributed by atoms with Gasteiger partial charge in [0.25, 0.3) is 5.91 Å². The Balaban J connectivity index is 1.45. The lowest BCUT2D eigenvalue weighted by atomic mass is 9.85. The van der Waals surface area contributed by atoms with Gasteiger partial charge in [-0.15, -0.1) is 0 Å². The second kappa shape index (κ2) is 10.0. The molecule has 0 fully saturated rings. The zero-order valence-electron chi connectivity index (χ0n) is 20.0. The summed E-state index contributed by atoms with van der Waals surface area (Å²) in [7, 11) is 0. The van der Waals surface area contributed by atoms with E-state index in [2.05, 4.69) is 59.5 Å². The third-order valence-corrected chi connectivity index (χ3v) is 6.70. The van der Waals surface area contributed by atoms with Gasteiger partial charge >= 0.3 is 0 Å². The highest BCUT2D eigenvalue weighted by Gasteiger charge is 2.27. The minimum absolute atomic E-state index is 0.213. The molecule has 0 aliphatic carbocycles. The topological polar surface area (TPSA) is 67.2 Å². The Labute approximate surface area is 206 Å². The number of aliphatic imine (C=N–C) groups is 1. The van der Waals surface area contributed by atoms with Crippen LogP contribution >= 0.6 is 0 Å². The fourth-order valence-corrected chi connectivity index (χ4v) is 4.53. The third-order valence-electron chi connectivity index (χ3n) is 6.70. The zero-order chi connectivity index (χ0) is 24.2. The lowest BCUT2D eigenvalue weighted by Gasteiger charge is -2.19. The number of carbonyl (C=O) groups excluding carboxylic acids is 1. The minimum atomic E-state index is -0.213. The van der Waals surface area contributed by atoms with Gasteiger partial charge in [0.2, 0.25) is 0 Å². The van der Waals surface area contributed by atoms with Crippen molar-refractivity contribution in [2.24, 2.45) is 10.9 Å². The average molecular weight is 461 g/mol. The number of fused-ring (bicyclic) bond motifs is 1. The Kier molecular flexibility index (Phi) is 6.49. The van der Waals surface area contributed by atoms with Crippen LogP contribution in [0.25, 0.3) is 11.1 Å². The molecular weight excluding hydrogens is 432 g/mol. The fraction of sp³-hybridized carbons (Fsp3) is 0.200. The van der Waals surface area contributed by atoms with E-state index >= 15 is 0 Å². The van der Waals surface area contributed by atoms with Crippen LogP contribution in [0.1, 0.15) is 42.0 Å². The number of hydrogen-bond acceptors (Lipinski definition) is 4. The summed E-state index contributed by atoms with van der Waals surface area (Å²) >= 11 is 0. The quantitative estimate of drug-likeness (QED) is 0.402. The summed E-state index contributed by atoms with van der Waals surface area (Å²) in [6.45, 7) is 5.00. The predicted molar refractivity (Wildman–Crippen MR) is 141 cm³/mol. The maximum Gasteiger partial charge on any atom is 0.274 e. The molecular formula is C30H28N4O. The number of amides is 1. The largest absolute Gasteiger partial charge is 0.319 e. The Morgan fingerprint density at radius 3 is 2.54 bits per heavy atom. The zero-order valence-corrected chi connectivity index (χ0v) is 20.0. The average Bonchev–Trinajstić information content (AvgIpc) is 3.01. The number of benzene rings is 2. The van der Waals surface area contributed by atoms with Gasteiger partial charge in [-0.05, 0) is 58.7 Å². The molecule has 174 valence electrons. The Hall–Kier alpha value is -4.12. The van der Waals surface area contributed by atoms with Crippen molar-refractivity contribution in [3.63, 3.8) is 0 Å². The Morgan fingerprint density at radius 2 is 1.74 bits per heavy atom. The van der Waals surface area contributed by atoms with Crippen LogP contribution in [0.2, 0.25) is 0 Å². The number of nitrogens with zero attached hydrogens (tertiary/aromatic N) is 3. The van der Waals surface area contributed by atoms with E-state index in [1.54, 1.807) is 12.4 Å². The smallest absolute Gasteiger partial charge is 0.274 e. The summed E-state index contributed by atoms with van der Waals surface area (Å²) in [5, 5.41) is 3.05. The molecule has 3 heterocycles. The van der Waals surface area contributed by atoms with Crippen LogP contribution in [-0.2, 0) is 11.2 Å². The highest BCUT2D eigenvalue weighted by molar-refractivity contribution is 6.49. The molecule has 0 bridgehead atoms. The van der Waals surface area contributed by atoms with E-state index in [0.29, 0.717) is 23.9 Å². The molecule has 0 spiro atoms. The van der Waals surface area contributed by atoms with E-state index in [9.17, 15) is 4.79 Å². The fourth-order valence-electron chi connectivity index (χ4n) is 4.53. The van der Waals surface area contributed by atoms with Gasteiger partial charge in [0.05, 0.1) is 11.9 Å². The van der Waals surface area contributed by atoms with Gasteiger partial charge in [0.1, 0.15) is 5.71 Å². The van der Waals surface area contributed by atoms with Crippen molar-refractivity contribution in [2.45, 2.75) is 26.2 Å². The number of hydrogen-bond donors (Lipinski definition) is 1. The summed E-state index contributed by atoms with van der Waals surface area (Å²) in [6, 6.07) is 22.5.